The fourth-order valence-electron chi connectivity index (χ4n) is 2.59. The van der Waals surface area contributed by atoms with Gasteiger partial charge in [-0.2, -0.15) is 0 Å². The van der Waals surface area contributed by atoms with Crippen LogP contribution in [0.2, 0.25) is 0 Å². The summed E-state index contributed by atoms with van der Waals surface area (Å²) in [5, 5.41) is 22.7. The number of rotatable bonds is 6. The van der Waals surface area contributed by atoms with E-state index in [2.05, 4.69) is 10.2 Å². The summed E-state index contributed by atoms with van der Waals surface area (Å²) >= 11 is 0. The highest BCUT2D eigenvalue weighted by atomic mass is 16.6. The first-order valence-corrected chi connectivity index (χ1v) is 7.56. The molecule has 2 rings (SSSR count). The summed E-state index contributed by atoms with van der Waals surface area (Å²) in [4.78, 5) is 37.7. The van der Waals surface area contributed by atoms with Crippen LogP contribution in [0.3, 0.4) is 0 Å². The maximum Gasteiger partial charge on any atom is 0.321 e. The number of likely N-dealkylation sites (N-methyl/N-ethyl adjacent to an activating group) is 1. The summed E-state index contributed by atoms with van der Waals surface area (Å²) in [6, 6.07) is 4.64. The number of hydrogen-bond donors (Lipinski definition) is 2. The molecule has 0 radical (unpaired) electrons. The van der Waals surface area contributed by atoms with Gasteiger partial charge in [0, 0.05) is 44.0 Å². The molecule has 130 valence electrons. The SMILES string of the molecule is CN1CCN(C(CC(=O)Nc2cccc([N+](=O)[O-])c2)C(=O)O)CC1. The van der Waals surface area contributed by atoms with Crippen LogP contribution in [0.1, 0.15) is 6.42 Å². The van der Waals surface area contributed by atoms with Crippen LogP contribution < -0.4 is 5.32 Å². The molecule has 9 heteroatoms. The molecule has 0 aliphatic carbocycles. The Morgan fingerprint density at radius 3 is 2.58 bits per heavy atom. The minimum atomic E-state index is -1.05. The lowest BCUT2D eigenvalue weighted by Crippen LogP contribution is -2.52. The number of non-ortho nitro benzene ring substituents is 1. The van der Waals surface area contributed by atoms with E-state index in [0.29, 0.717) is 13.1 Å². The zero-order valence-electron chi connectivity index (χ0n) is 13.3. The molecule has 24 heavy (non-hydrogen) atoms. The summed E-state index contributed by atoms with van der Waals surface area (Å²) in [5.74, 6) is -1.53. The smallest absolute Gasteiger partial charge is 0.321 e. The molecule has 1 aromatic carbocycles. The predicted octanol–water partition coefficient (Wildman–Crippen LogP) is 0.624. The summed E-state index contributed by atoms with van der Waals surface area (Å²) < 4.78 is 0. The van der Waals surface area contributed by atoms with Crippen molar-refractivity contribution in [3.8, 4) is 0 Å². The van der Waals surface area contributed by atoms with E-state index in [-0.39, 0.29) is 17.8 Å². The molecule has 0 aromatic heterocycles. The molecule has 1 aliphatic heterocycles. The summed E-state index contributed by atoms with van der Waals surface area (Å²) in [6.07, 6.45) is -0.207. The van der Waals surface area contributed by atoms with Crippen LogP contribution in [0.5, 0.6) is 0 Å². The van der Waals surface area contributed by atoms with Gasteiger partial charge in [0.15, 0.2) is 0 Å². The molecule has 1 heterocycles. The number of piperazine rings is 1. The molecule has 1 unspecified atom stereocenters. The number of nitrogens with one attached hydrogen (secondary N) is 1. The second-order valence-electron chi connectivity index (χ2n) is 5.75. The van der Waals surface area contributed by atoms with Crippen LogP contribution in [-0.2, 0) is 9.59 Å². The van der Waals surface area contributed by atoms with Crippen molar-refractivity contribution in [2.75, 3.05) is 38.5 Å². The van der Waals surface area contributed by atoms with Crippen molar-refractivity contribution in [2.24, 2.45) is 0 Å². The molecule has 1 fully saturated rings. The van der Waals surface area contributed by atoms with Crippen LogP contribution in [0.15, 0.2) is 24.3 Å². The molecule has 9 nitrogen and oxygen atoms in total. The number of amides is 1. The van der Waals surface area contributed by atoms with Gasteiger partial charge >= 0.3 is 5.97 Å². The predicted molar refractivity (Wildman–Crippen MR) is 86.8 cm³/mol. The highest BCUT2D eigenvalue weighted by Crippen LogP contribution is 2.18. The number of carboxylic acid groups (broad SMARTS) is 1. The van der Waals surface area contributed by atoms with Crippen LogP contribution in [0, 0.1) is 10.1 Å². The van der Waals surface area contributed by atoms with E-state index in [1.807, 2.05) is 7.05 Å². The first-order valence-electron chi connectivity index (χ1n) is 7.56. The van der Waals surface area contributed by atoms with Crippen molar-refractivity contribution in [3.05, 3.63) is 34.4 Å². The summed E-state index contributed by atoms with van der Waals surface area (Å²) in [6.45, 7) is 2.65. The minimum absolute atomic E-state index is 0.137. The molecule has 1 atom stereocenters. The van der Waals surface area contributed by atoms with Gasteiger partial charge in [-0.05, 0) is 13.1 Å². The van der Waals surface area contributed by atoms with Crippen molar-refractivity contribution in [2.45, 2.75) is 12.5 Å². The molecule has 0 spiro atoms. The Morgan fingerprint density at radius 2 is 2.00 bits per heavy atom. The van der Waals surface area contributed by atoms with Gasteiger partial charge in [0.2, 0.25) is 5.91 Å². The van der Waals surface area contributed by atoms with Gasteiger partial charge in [-0.1, -0.05) is 6.07 Å². The Morgan fingerprint density at radius 1 is 1.33 bits per heavy atom. The topological polar surface area (TPSA) is 116 Å². The van der Waals surface area contributed by atoms with Gasteiger partial charge in [0.1, 0.15) is 6.04 Å². The van der Waals surface area contributed by atoms with Crippen molar-refractivity contribution in [1.29, 1.82) is 0 Å². The number of nitrogens with zero attached hydrogens (tertiary/aromatic N) is 3. The number of nitro benzene ring substituents is 1. The number of nitro groups is 1. The van der Waals surface area contributed by atoms with E-state index in [1.165, 1.54) is 24.3 Å². The fraction of sp³-hybridized carbons (Fsp3) is 0.467. The van der Waals surface area contributed by atoms with Gasteiger partial charge in [-0.25, -0.2) is 0 Å². The van der Waals surface area contributed by atoms with Gasteiger partial charge in [0.25, 0.3) is 5.69 Å². The standard InChI is InChI=1S/C15H20N4O5/c1-17-5-7-18(8-6-17)13(15(21)22)10-14(20)16-11-3-2-4-12(9-11)19(23)24/h2-4,9,13H,5-8,10H2,1H3,(H,16,20)(H,21,22). The molecule has 1 aromatic rings. The number of carbonyl (C=O) groups is 2. The second-order valence-corrected chi connectivity index (χ2v) is 5.75. The Balaban J connectivity index is 1.99. The zero-order chi connectivity index (χ0) is 17.7. The molecular weight excluding hydrogens is 316 g/mol. The number of aliphatic carboxylic acids is 1. The maximum absolute atomic E-state index is 12.1. The molecular formula is C15H20N4O5. The number of hydrogen-bond acceptors (Lipinski definition) is 6. The first kappa shape index (κ1) is 17.8. The van der Waals surface area contributed by atoms with Crippen LogP contribution >= 0.6 is 0 Å². The normalized spacial score (nSPS) is 17.2. The number of carbonyl (C=O) groups excluding carboxylic acids is 1. The molecule has 1 aliphatic rings. The van der Waals surface area contributed by atoms with Crippen molar-refractivity contribution in [3.63, 3.8) is 0 Å². The van der Waals surface area contributed by atoms with Crippen molar-refractivity contribution < 1.29 is 19.6 Å². The monoisotopic (exact) mass is 336 g/mol. The largest absolute Gasteiger partial charge is 0.480 e. The third-order valence-corrected chi connectivity index (χ3v) is 3.98. The van der Waals surface area contributed by atoms with Gasteiger partial charge < -0.3 is 15.3 Å². The van der Waals surface area contributed by atoms with Crippen molar-refractivity contribution in [1.82, 2.24) is 9.80 Å². The third-order valence-electron chi connectivity index (χ3n) is 3.98. The second kappa shape index (κ2) is 7.84. The average Bonchev–Trinajstić information content (AvgIpc) is 2.53. The van der Waals surface area contributed by atoms with Crippen LogP contribution in [0.25, 0.3) is 0 Å². The van der Waals surface area contributed by atoms with E-state index in [9.17, 15) is 24.8 Å². The fourth-order valence-corrected chi connectivity index (χ4v) is 2.59. The molecule has 1 amide bonds. The van der Waals surface area contributed by atoms with Crippen molar-refractivity contribution >= 4 is 23.3 Å². The number of anilines is 1. The van der Waals surface area contributed by atoms with E-state index in [1.54, 1.807) is 4.90 Å². The highest BCUT2D eigenvalue weighted by molar-refractivity contribution is 5.94. The van der Waals surface area contributed by atoms with Gasteiger partial charge in [-0.15, -0.1) is 0 Å². The quantitative estimate of drug-likeness (QED) is 0.578. The molecule has 2 N–H and O–H groups in total. The highest BCUT2D eigenvalue weighted by Gasteiger charge is 2.30. The number of carboxylic acids is 1. The van der Waals surface area contributed by atoms with Crippen LogP contribution in [-0.4, -0.2) is 71.0 Å². The first-order chi connectivity index (χ1) is 11.4. The maximum atomic E-state index is 12.1. The van der Waals surface area contributed by atoms with E-state index in [0.717, 1.165) is 13.1 Å². The average molecular weight is 336 g/mol. The van der Waals surface area contributed by atoms with Crippen LogP contribution in [0.4, 0.5) is 11.4 Å². The Bertz CT molecular complexity index is 628. The Labute approximate surface area is 139 Å². The third kappa shape index (κ3) is 4.74. The van der Waals surface area contributed by atoms with E-state index >= 15 is 0 Å². The number of benzene rings is 1. The lowest BCUT2D eigenvalue weighted by Gasteiger charge is -2.35. The minimum Gasteiger partial charge on any atom is -0.480 e. The lowest BCUT2D eigenvalue weighted by molar-refractivity contribution is -0.384. The molecule has 1 saturated heterocycles. The zero-order valence-corrected chi connectivity index (χ0v) is 13.3. The lowest BCUT2D eigenvalue weighted by atomic mass is 10.1. The Kier molecular flexibility index (Phi) is 5.83. The summed E-state index contributed by atoms with van der Waals surface area (Å²) in [5.41, 5.74) is 0.137. The van der Waals surface area contributed by atoms with E-state index in [4.69, 9.17) is 0 Å². The molecule has 0 saturated carbocycles. The van der Waals surface area contributed by atoms with E-state index < -0.39 is 22.8 Å². The van der Waals surface area contributed by atoms with Gasteiger partial charge in [0.05, 0.1) is 11.3 Å². The molecule has 0 bridgehead atoms. The summed E-state index contributed by atoms with van der Waals surface area (Å²) in [7, 11) is 1.96. The Hall–Kier alpha value is -2.52. The van der Waals surface area contributed by atoms with Gasteiger partial charge in [-0.3, -0.25) is 24.6 Å².